The fraction of sp³-hybridized carbons (Fsp3) is 0.923. The third-order valence-electron chi connectivity index (χ3n) is 4.56. The summed E-state index contributed by atoms with van der Waals surface area (Å²) in [5, 5.41) is 3.48. The maximum atomic E-state index is 11.6. The quantitative estimate of drug-likeness (QED) is 0.697. The molecule has 0 aromatic heterocycles. The summed E-state index contributed by atoms with van der Waals surface area (Å²) in [6, 6.07) is -0.0266. The topological polar surface area (TPSA) is 38.3 Å². The first-order chi connectivity index (χ1) is 7.75. The number of carbonyl (C=O) groups is 1. The molecule has 0 bridgehead atoms. The highest BCUT2D eigenvalue weighted by atomic mass is 16.5. The maximum absolute atomic E-state index is 11.6. The van der Waals surface area contributed by atoms with Crippen molar-refractivity contribution in [1.29, 1.82) is 0 Å². The molecule has 0 spiro atoms. The Kier molecular flexibility index (Phi) is 2.46. The van der Waals surface area contributed by atoms with Crippen molar-refractivity contribution in [3.05, 3.63) is 0 Å². The molecular formula is C13H21NO2. The predicted molar refractivity (Wildman–Crippen MR) is 60.9 cm³/mol. The third-order valence-corrected chi connectivity index (χ3v) is 4.56. The van der Waals surface area contributed by atoms with Crippen LogP contribution in [-0.2, 0) is 9.53 Å². The van der Waals surface area contributed by atoms with Crippen LogP contribution in [0.4, 0.5) is 0 Å². The Morgan fingerprint density at radius 3 is 2.50 bits per heavy atom. The van der Waals surface area contributed by atoms with Crippen molar-refractivity contribution >= 4 is 5.97 Å². The van der Waals surface area contributed by atoms with Crippen molar-refractivity contribution in [1.82, 2.24) is 5.32 Å². The van der Waals surface area contributed by atoms with Gasteiger partial charge in [0.1, 0.15) is 6.04 Å². The highest BCUT2D eigenvalue weighted by Crippen LogP contribution is 2.60. The summed E-state index contributed by atoms with van der Waals surface area (Å²) >= 11 is 0. The lowest BCUT2D eigenvalue weighted by atomic mass is 10.00. The normalized spacial score (nSPS) is 28.6. The first-order valence-electron chi connectivity index (χ1n) is 6.56. The Labute approximate surface area is 96.9 Å². The third kappa shape index (κ3) is 1.97. The van der Waals surface area contributed by atoms with Crippen LogP contribution in [0.15, 0.2) is 0 Å². The second-order valence-corrected chi connectivity index (χ2v) is 5.86. The summed E-state index contributed by atoms with van der Waals surface area (Å²) in [6.45, 7) is 1.04. The number of hydrogen-bond donors (Lipinski definition) is 1. The Morgan fingerprint density at radius 1 is 1.38 bits per heavy atom. The van der Waals surface area contributed by atoms with Gasteiger partial charge in [-0.25, -0.2) is 0 Å². The molecule has 0 heterocycles. The van der Waals surface area contributed by atoms with Crippen LogP contribution in [0.1, 0.15) is 38.5 Å². The number of ether oxygens (including phenoxy) is 1. The molecule has 3 saturated carbocycles. The molecule has 0 saturated heterocycles. The molecule has 0 amide bonds. The van der Waals surface area contributed by atoms with Gasteiger partial charge in [-0.2, -0.15) is 0 Å². The highest BCUT2D eigenvalue weighted by molar-refractivity contribution is 5.76. The van der Waals surface area contributed by atoms with Crippen molar-refractivity contribution in [2.75, 3.05) is 13.7 Å². The van der Waals surface area contributed by atoms with Crippen LogP contribution in [0.25, 0.3) is 0 Å². The molecule has 0 aromatic carbocycles. The Bertz CT molecular complexity index is 290. The SMILES string of the molecule is COC(=O)C(NCC1(C2CC2)CC1)C1CC1. The Balaban J connectivity index is 1.53. The zero-order chi connectivity index (χ0) is 11.2. The number of methoxy groups -OCH3 is 1. The molecule has 0 radical (unpaired) electrons. The first-order valence-corrected chi connectivity index (χ1v) is 6.56. The molecule has 0 aliphatic heterocycles. The van der Waals surface area contributed by atoms with Crippen molar-refractivity contribution < 1.29 is 9.53 Å². The van der Waals surface area contributed by atoms with E-state index < -0.39 is 0 Å². The summed E-state index contributed by atoms with van der Waals surface area (Å²) in [5.74, 6) is 1.44. The molecule has 1 unspecified atom stereocenters. The first kappa shape index (κ1) is 10.6. The maximum Gasteiger partial charge on any atom is 0.323 e. The number of rotatable bonds is 6. The van der Waals surface area contributed by atoms with Gasteiger partial charge in [0.25, 0.3) is 0 Å². The van der Waals surface area contributed by atoms with E-state index in [9.17, 15) is 4.79 Å². The van der Waals surface area contributed by atoms with Crippen LogP contribution < -0.4 is 5.32 Å². The molecule has 3 rings (SSSR count). The van der Waals surface area contributed by atoms with Crippen molar-refractivity contribution in [3.8, 4) is 0 Å². The minimum Gasteiger partial charge on any atom is -0.468 e. The van der Waals surface area contributed by atoms with Crippen LogP contribution in [0.3, 0.4) is 0 Å². The lowest BCUT2D eigenvalue weighted by Crippen LogP contribution is -2.42. The van der Waals surface area contributed by atoms with Crippen molar-refractivity contribution in [3.63, 3.8) is 0 Å². The largest absolute Gasteiger partial charge is 0.468 e. The fourth-order valence-electron chi connectivity index (χ4n) is 2.90. The van der Waals surface area contributed by atoms with Crippen LogP contribution in [0.2, 0.25) is 0 Å². The van der Waals surface area contributed by atoms with E-state index in [0.717, 1.165) is 12.5 Å². The molecule has 16 heavy (non-hydrogen) atoms. The van der Waals surface area contributed by atoms with E-state index in [2.05, 4.69) is 5.32 Å². The Morgan fingerprint density at radius 2 is 2.06 bits per heavy atom. The van der Waals surface area contributed by atoms with E-state index in [4.69, 9.17) is 4.74 Å². The van der Waals surface area contributed by atoms with Gasteiger partial charge in [0.05, 0.1) is 7.11 Å². The summed E-state index contributed by atoms with van der Waals surface area (Å²) in [5.41, 5.74) is 0.571. The minimum atomic E-state index is -0.0610. The van der Waals surface area contributed by atoms with E-state index in [1.54, 1.807) is 0 Å². The minimum absolute atomic E-state index is 0.0266. The average Bonchev–Trinajstić information content (AvgIpc) is 3.16. The molecule has 3 heteroatoms. The van der Waals surface area contributed by atoms with E-state index in [-0.39, 0.29) is 12.0 Å². The average molecular weight is 223 g/mol. The standard InChI is InChI=1S/C13H21NO2/c1-16-12(15)11(9-2-3-9)14-8-13(6-7-13)10-4-5-10/h9-11,14H,2-8H2,1H3. The summed E-state index contributed by atoms with van der Waals surface area (Å²) in [4.78, 5) is 11.6. The van der Waals surface area contributed by atoms with Gasteiger partial charge in [0, 0.05) is 6.54 Å². The van der Waals surface area contributed by atoms with Gasteiger partial charge in [0.2, 0.25) is 0 Å². The fourth-order valence-corrected chi connectivity index (χ4v) is 2.90. The van der Waals surface area contributed by atoms with Crippen LogP contribution >= 0.6 is 0 Å². The molecule has 1 N–H and O–H groups in total. The molecule has 90 valence electrons. The number of nitrogens with one attached hydrogen (secondary N) is 1. The van der Waals surface area contributed by atoms with E-state index >= 15 is 0 Å². The van der Waals surface area contributed by atoms with Gasteiger partial charge in [-0.15, -0.1) is 0 Å². The van der Waals surface area contributed by atoms with Gasteiger partial charge in [-0.3, -0.25) is 4.79 Å². The second-order valence-electron chi connectivity index (χ2n) is 5.86. The van der Waals surface area contributed by atoms with E-state index in [1.807, 2.05) is 0 Å². The van der Waals surface area contributed by atoms with E-state index in [1.165, 1.54) is 45.6 Å². The van der Waals surface area contributed by atoms with Gasteiger partial charge in [0.15, 0.2) is 0 Å². The van der Waals surface area contributed by atoms with Crippen molar-refractivity contribution in [2.45, 2.75) is 44.6 Å². The zero-order valence-electron chi connectivity index (χ0n) is 10.00. The molecule has 1 atom stereocenters. The monoisotopic (exact) mass is 223 g/mol. The predicted octanol–water partition coefficient (Wildman–Crippen LogP) is 1.72. The van der Waals surface area contributed by atoms with Gasteiger partial charge < -0.3 is 10.1 Å². The summed E-state index contributed by atoms with van der Waals surface area (Å²) < 4.78 is 4.87. The van der Waals surface area contributed by atoms with Gasteiger partial charge >= 0.3 is 5.97 Å². The molecule has 0 aromatic rings. The lowest BCUT2D eigenvalue weighted by molar-refractivity contribution is -0.143. The molecule has 3 fully saturated rings. The smallest absolute Gasteiger partial charge is 0.323 e. The second kappa shape index (κ2) is 3.73. The summed E-state index contributed by atoms with van der Waals surface area (Å²) in [6.07, 6.45) is 7.92. The van der Waals surface area contributed by atoms with Crippen LogP contribution in [-0.4, -0.2) is 25.7 Å². The van der Waals surface area contributed by atoms with Crippen LogP contribution in [0.5, 0.6) is 0 Å². The number of hydrogen-bond acceptors (Lipinski definition) is 3. The van der Waals surface area contributed by atoms with Gasteiger partial charge in [-0.1, -0.05) is 0 Å². The van der Waals surface area contributed by atoms with Gasteiger partial charge in [-0.05, 0) is 55.8 Å². The lowest BCUT2D eigenvalue weighted by Gasteiger charge is -2.20. The number of carbonyl (C=O) groups excluding carboxylic acids is 1. The number of esters is 1. The van der Waals surface area contributed by atoms with Crippen LogP contribution in [0, 0.1) is 17.3 Å². The highest BCUT2D eigenvalue weighted by Gasteiger charge is 2.54. The molecular weight excluding hydrogens is 202 g/mol. The molecule has 3 nitrogen and oxygen atoms in total. The van der Waals surface area contributed by atoms with E-state index in [0.29, 0.717) is 11.3 Å². The van der Waals surface area contributed by atoms with Crippen molar-refractivity contribution in [2.24, 2.45) is 17.3 Å². The molecule has 3 aliphatic rings. The molecule has 3 aliphatic carbocycles. The Hall–Kier alpha value is -0.570. The zero-order valence-corrected chi connectivity index (χ0v) is 10.00. The summed E-state index contributed by atoms with van der Waals surface area (Å²) in [7, 11) is 1.49.